The van der Waals surface area contributed by atoms with E-state index in [4.69, 9.17) is 14.2 Å². The van der Waals surface area contributed by atoms with E-state index < -0.39 is 7.14 Å². The highest BCUT2D eigenvalue weighted by Crippen LogP contribution is 2.35. The van der Waals surface area contributed by atoms with E-state index in [1.165, 1.54) is 0 Å². The van der Waals surface area contributed by atoms with Crippen LogP contribution in [0.15, 0.2) is 0 Å². The Bertz CT molecular complexity index is 749. The smallest absolute Gasteiger partial charge is 0.320 e. The Morgan fingerprint density at radius 1 is 0.579 bits per heavy atom. The van der Waals surface area contributed by atoms with Crippen molar-refractivity contribution in [1.82, 2.24) is 19.6 Å². The van der Waals surface area contributed by atoms with Gasteiger partial charge in [-0.15, -0.1) is 0 Å². The van der Waals surface area contributed by atoms with Crippen molar-refractivity contribution in [2.75, 3.05) is 118 Å². The highest BCUT2D eigenvalue weighted by molar-refractivity contribution is 7.62. The lowest BCUT2D eigenvalue weighted by Gasteiger charge is -2.31. The Hall–Kier alpha value is -1.52. The zero-order chi connectivity index (χ0) is 28.4. The molecule has 0 saturated carbocycles. The third-order valence-electron chi connectivity index (χ3n) is 6.29. The van der Waals surface area contributed by atoms with Crippen LogP contribution < -0.4 is 0 Å². The molecule has 0 aliphatic carbocycles. The Morgan fingerprint density at radius 3 is 1.21 bits per heavy atom. The monoisotopic (exact) mass is 562 g/mol. The van der Waals surface area contributed by atoms with Crippen molar-refractivity contribution < 1.29 is 33.2 Å². The molecule has 0 radical (unpaired) electrons. The molecule has 38 heavy (non-hydrogen) atoms. The first-order valence-electron chi connectivity index (χ1n) is 14.0. The molecule has 0 aromatic rings. The summed E-state index contributed by atoms with van der Waals surface area (Å²) in [6, 6.07) is 0. The largest absolute Gasteiger partial charge is 0.465 e. The van der Waals surface area contributed by atoms with Gasteiger partial charge in [-0.3, -0.25) is 29.1 Å². The van der Waals surface area contributed by atoms with E-state index in [-0.39, 0.29) is 37.5 Å². The Labute approximate surface area is 229 Å². The molecule has 0 aromatic heterocycles. The van der Waals surface area contributed by atoms with Crippen molar-refractivity contribution in [3.63, 3.8) is 0 Å². The molecule has 11 nitrogen and oxygen atoms in total. The van der Waals surface area contributed by atoms with E-state index in [9.17, 15) is 18.9 Å². The van der Waals surface area contributed by atoms with Gasteiger partial charge in [-0.05, 0) is 53.5 Å². The van der Waals surface area contributed by atoms with Crippen LogP contribution in [0.1, 0.15) is 33.6 Å². The summed E-state index contributed by atoms with van der Waals surface area (Å²) in [5.41, 5.74) is 0. The molecule has 0 atom stereocenters. The molecule has 1 rings (SSSR count). The fourth-order valence-corrected chi connectivity index (χ4v) is 5.06. The normalized spacial score (nSPS) is 18.4. The number of nitrogens with zero attached hydrogens (tertiary/aromatic N) is 4. The Morgan fingerprint density at radius 2 is 0.895 bits per heavy atom. The van der Waals surface area contributed by atoms with Crippen molar-refractivity contribution in [1.29, 1.82) is 0 Å². The third kappa shape index (κ3) is 17.1. The fraction of sp³-hybridized carbons (Fsp3) is 0.885. The summed E-state index contributed by atoms with van der Waals surface area (Å²) < 4.78 is 27.9. The SMILES string of the molecule is CCOC(=O)CN1CCCN(CC(=O)OCC)CCN(CC(=O)OCC)CCCN(CCP(C)(C)=O)CC1. The van der Waals surface area contributed by atoms with Crippen molar-refractivity contribution in [2.45, 2.75) is 33.6 Å². The molecule has 12 heteroatoms. The van der Waals surface area contributed by atoms with E-state index in [2.05, 4.69) is 19.6 Å². The Balaban J connectivity index is 3.01. The maximum Gasteiger partial charge on any atom is 0.320 e. The van der Waals surface area contributed by atoms with E-state index in [1.807, 2.05) is 13.3 Å². The van der Waals surface area contributed by atoms with Gasteiger partial charge in [0.1, 0.15) is 0 Å². The molecular formula is C26H51N4O7P. The van der Waals surface area contributed by atoms with Crippen LogP contribution in [-0.4, -0.2) is 155 Å². The van der Waals surface area contributed by atoms with Crippen LogP contribution in [0.3, 0.4) is 0 Å². The molecule has 0 unspecified atom stereocenters. The molecule has 1 aliphatic heterocycles. The standard InChI is InChI=1S/C26H51N4O7P/c1-6-35-24(31)21-28-13-10-14-30(23-26(33)37-8-3)18-17-29(22-25(32)36-7-2)12-9-11-27(15-16-28)19-20-38(4,5)34/h6-23H2,1-5H3. The topological polar surface area (TPSA) is 109 Å². The minimum atomic E-state index is -2.16. The number of hydrogen-bond acceptors (Lipinski definition) is 11. The van der Waals surface area contributed by atoms with E-state index >= 15 is 0 Å². The molecule has 0 amide bonds. The molecule has 0 aromatic carbocycles. The van der Waals surface area contributed by atoms with Gasteiger partial charge in [0.15, 0.2) is 0 Å². The minimum absolute atomic E-state index is 0.181. The molecule has 1 saturated heterocycles. The lowest BCUT2D eigenvalue weighted by molar-refractivity contribution is -0.146. The second kappa shape index (κ2) is 19.5. The highest BCUT2D eigenvalue weighted by Gasteiger charge is 2.20. The van der Waals surface area contributed by atoms with Crippen LogP contribution in [0.2, 0.25) is 0 Å². The number of rotatable bonds is 12. The summed E-state index contributed by atoms with van der Waals surface area (Å²) >= 11 is 0. The van der Waals surface area contributed by atoms with Crippen molar-refractivity contribution in [3.05, 3.63) is 0 Å². The van der Waals surface area contributed by atoms with Gasteiger partial charge in [-0.1, -0.05) is 0 Å². The van der Waals surface area contributed by atoms with Crippen molar-refractivity contribution in [2.24, 2.45) is 0 Å². The minimum Gasteiger partial charge on any atom is -0.465 e. The van der Waals surface area contributed by atoms with Gasteiger partial charge in [-0.2, -0.15) is 0 Å². The zero-order valence-corrected chi connectivity index (χ0v) is 25.2. The summed E-state index contributed by atoms with van der Waals surface area (Å²) in [7, 11) is -2.16. The lowest BCUT2D eigenvalue weighted by atomic mass is 10.2. The summed E-state index contributed by atoms with van der Waals surface area (Å²) in [6.07, 6.45) is 2.23. The molecule has 1 fully saturated rings. The summed E-state index contributed by atoms with van der Waals surface area (Å²) in [5.74, 6) is -0.770. The fourth-order valence-electron chi connectivity index (χ4n) is 4.30. The molecule has 0 N–H and O–H groups in total. The predicted molar refractivity (Wildman–Crippen MR) is 149 cm³/mol. The van der Waals surface area contributed by atoms with Gasteiger partial charge in [-0.25, -0.2) is 0 Å². The maximum absolute atomic E-state index is 12.4. The van der Waals surface area contributed by atoms with Gasteiger partial charge in [0, 0.05) is 58.5 Å². The van der Waals surface area contributed by atoms with Crippen molar-refractivity contribution >= 4 is 25.0 Å². The van der Waals surface area contributed by atoms with Gasteiger partial charge >= 0.3 is 17.9 Å². The molecule has 1 aliphatic rings. The van der Waals surface area contributed by atoms with Gasteiger partial charge in [0.05, 0.1) is 46.6 Å². The molecule has 1 heterocycles. The van der Waals surface area contributed by atoms with Gasteiger partial charge in [0.2, 0.25) is 0 Å². The number of carbonyl (C=O) groups is 3. The quantitative estimate of drug-likeness (QED) is 0.195. The summed E-state index contributed by atoms with van der Waals surface area (Å²) in [6.45, 7) is 16.8. The first-order valence-corrected chi connectivity index (χ1v) is 16.7. The van der Waals surface area contributed by atoms with Gasteiger partial charge in [0.25, 0.3) is 0 Å². The van der Waals surface area contributed by atoms with Crippen LogP contribution in [0.25, 0.3) is 0 Å². The molecular weight excluding hydrogens is 511 g/mol. The molecule has 0 spiro atoms. The zero-order valence-electron chi connectivity index (χ0n) is 24.3. The Kier molecular flexibility index (Phi) is 17.7. The van der Waals surface area contributed by atoms with Crippen LogP contribution in [0.5, 0.6) is 0 Å². The van der Waals surface area contributed by atoms with Crippen LogP contribution >= 0.6 is 7.14 Å². The third-order valence-corrected chi connectivity index (χ3v) is 7.57. The number of carbonyl (C=O) groups excluding carboxylic acids is 3. The lowest BCUT2D eigenvalue weighted by Crippen LogP contribution is -2.44. The molecule has 222 valence electrons. The van der Waals surface area contributed by atoms with Crippen LogP contribution in [-0.2, 0) is 33.2 Å². The average Bonchev–Trinajstić information content (AvgIpc) is 2.82. The van der Waals surface area contributed by atoms with Crippen molar-refractivity contribution in [3.8, 4) is 0 Å². The van der Waals surface area contributed by atoms with E-state index in [0.29, 0.717) is 65.3 Å². The predicted octanol–water partition coefficient (Wildman–Crippen LogP) is 1.30. The second-order valence-corrected chi connectivity index (χ2v) is 13.7. The van der Waals surface area contributed by atoms with E-state index in [0.717, 1.165) is 32.5 Å². The molecule has 0 bridgehead atoms. The first-order chi connectivity index (χ1) is 18.1. The number of esters is 3. The number of ether oxygens (including phenoxy) is 3. The van der Waals surface area contributed by atoms with Gasteiger partial charge < -0.3 is 23.7 Å². The highest BCUT2D eigenvalue weighted by atomic mass is 31.2. The second-order valence-electron chi connectivity index (χ2n) is 10.1. The maximum atomic E-state index is 12.4. The summed E-state index contributed by atoms with van der Waals surface area (Å²) in [5, 5.41) is 0. The summed E-state index contributed by atoms with van der Waals surface area (Å²) in [4.78, 5) is 45.3. The first kappa shape index (κ1) is 34.5. The van der Waals surface area contributed by atoms with E-state index in [1.54, 1.807) is 20.8 Å². The van der Waals surface area contributed by atoms with Crippen LogP contribution in [0.4, 0.5) is 0 Å². The average molecular weight is 563 g/mol. The number of hydrogen-bond donors (Lipinski definition) is 0. The van der Waals surface area contributed by atoms with Crippen LogP contribution in [0, 0.1) is 0 Å².